The second-order valence-electron chi connectivity index (χ2n) is 4.38. The summed E-state index contributed by atoms with van der Waals surface area (Å²) in [5.41, 5.74) is 1.16. The minimum atomic E-state index is -0.399. The fourth-order valence-electron chi connectivity index (χ4n) is 2.04. The van der Waals surface area contributed by atoms with Crippen LogP contribution < -0.4 is 0 Å². The van der Waals surface area contributed by atoms with E-state index in [9.17, 15) is 4.79 Å². The number of quaternary nitrogens is 1. The normalized spacial score (nSPS) is 12.9. The monoisotopic (exact) mass is 234 g/mol. The Kier molecular flexibility index (Phi) is 4.46. The third-order valence-electron chi connectivity index (χ3n) is 2.81. The minimum absolute atomic E-state index is 0.125. The van der Waals surface area contributed by atoms with E-state index in [0.717, 1.165) is 12.0 Å². The lowest BCUT2D eigenvalue weighted by molar-refractivity contribution is -1.08. The molecule has 0 fully saturated rings. The summed E-state index contributed by atoms with van der Waals surface area (Å²) < 4.78 is 0.172. The largest absolute Gasteiger partial charge is 0.389 e. The van der Waals surface area contributed by atoms with E-state index in [1.165, 1.54) is 6.08 Å². The van der Waals surface area contributed by atoms with Crippen LogP contribution in [0.4, 0.5) is 0 Å². The zero-order valence-electron chi connectivity index (χ0n) is 10.7. The summed E-state index contributed by atoms with van der Waals surface area (Å²) in [4.78, 5) is 16.7. The molecule has 1 atom stereocenters. The van der Waals surface area contributed by atoms with Gasteiger partial charge in [0.1, 0.15) is 14.1 Å². The van der Waals surface area contributed by atoms with Crippen LogP contribution in [0.1, 0.15) is 24.9 Å². The average molecular weight is 234 g/mol. The summed E-state index contributed by atoms with van der Waals surface area (Å²) in [7, 11) is 3.76. The highest BCUT2D eigenvalue weighted by molar-refractivity contribution is 5.80. The van der Waals surface area contributed by atoms with Crippen molar-refractivity contribution in [1.29, 1.82) is 0 Å². The quantitative estimate of drug-likeness (QED) is 0.445. The highest BCUT2D eigenvalue weighted by Gasteiger charge is 2.32. The van der Waals surface area contributed by atoms with Gasteiger partial charge in [0.25, 0.3) is 0 Å². The van der Waals surface area contributed by atoms with E-state index in [2.05, 4.69) is 25.6 Å². The van der Waals surface area contributed by atoms with Gasteiger partial charge in [0.2, 0.25) is 0 Å². The van der Waals surface area contributed by atoms with Gasteiger partial charge in [-0.2, -0.15) is 0 Å². The van der Waals surface area contributed by atoms with Gasteiger partial charge >= 0.3 is 5.97 Å². The Balaban J connectivity index is 2.93. The molecular formula is C14H20NO2+. The summed E-state index contributed by atoms with van der Waals surface area (Å²) in [5, 5.41) is 0. The molecule has 1 rings (SSSR count). The predicted molar refractivity (Wildman–Crippen MR) is 67.9 cm³/mol. The summed E-state index contributed by atoms with van der Waals surface area (Å²) in [6.07, 6.45) is 2.08. The van der Waals surface area contributed by atoms with Gasteiger partial charge in [-0.1, -0.05) is 43.8 Å². The first-order valence-corrected chi connectivity index (χ1v) is 5.76. The van der Waals surface area contributed by atoms with Gasteiger partial charge in [0, 0.05) is 18.1 Å². The van der Waals surface area contributed by atoms with E-state index < -0.39 is 5.97 Å². The topological polar surface area (TPSA) is 26.3 Å². The summed E-state index contributed by atoms with van der Waals surface area (Å²) >= 11 is 0. The lowest BCUT2D eigenvalue weighted by Crippen LogP contribution is -2.44. The van der Waals surface area contributed by atoms with E-state index >= 15 is 0 Å². The summed E-state index contributed by atoms with van der Waals surface area (Å²) in [6.45, 7) is 5.50. The minimum Gasteiger partial charge on any atom is -0.272 e. The van der Waals surface area contributed by atoms with Crippen molar-refractivity contribution in [1.82, 2.24) is 0 Å². The average Bonchev–Trinajstić information content (AvgIpc) is 2.30. The molecular weight excluding hydrogens is 214 g/mol. The van der Waals surface area contributed by atoms with Crippen LogP contribution in [-0.2, 0) is 9.63 Å². The Hall–Kier alpha value is -1.61. The molecule has 0 heterocycles. The van der Waals surface area contributed by atoms with Crippen LogP contribution >= 0.6 is 0 Å². The fourth-order valence-corrected chi connectivity index (χ4v) is 2.04. The maximum Gasteiger partial charge on any atom is 0.389 e. The molecule has 3 nitrogen and oxygen atoms in total. The van der Waals surface area contributed by atoms with Gasteiger partial charge in [-0.15, -0.1) is 4.65 Å². The standard InChI is InChI=1S/C14H20NO2/c1-5-13(12-10-8-7-9-11-12)15(3,4)17-14(16)6-2/h6-11,13H,2,5H2,1,3-4H3/q+1. The number of rotatable bonds is 5. The second kappa shape index (κ2) is 5.64. The van der Waals surface area contributed by atoms with E-state index in [1.54, 1.807) is 0 Å². The van der Waals surface area contributed by atoms with Crippen LogP contribution in [0.25, 0.3) is 0 Å². The molecule has 92 valence electrons. The number of hydrogen-bond donors (Lipinski definition) is 0. The Bertz CT molecular complexity index is 384. The Labute approximate surface area is 103 Å². The molecule has 1 unspecified atom stereocenters. The van der Waals surface area contributed by atoms with Crippen molar-refractivity contribution in [2.45, 2.75) is 19.4 Å². The lowest BCUT2D eigenvalue weighted by atomic mass is 10.0. The molecule has 0 saturated carbocycles. The van der Waals surface area contributed by atoms with Gasteiger partial charge in [0.05, 0.1) is 0 Å². The van der Waals surface area contributed by atoms with Crippen molar-refractivity contribution >= 4 is 5.97 Å². The van der Waals surface area contributed by atoms with E-state index in [1.807, 2.05) is 32.3 Å². The molecule has 0 amide bonds. The van der Waals surface area contributed by atoms with Gasteiger partial charge in [0.15, 0.2) is 6.04 Å². The number of hydroxylamine groups is 3. The third kappa shape index (κ3) is 3.43. The van der Waals surface area contributed by atoms with Crippen LogP contribution in [0.2, 0.25) is 0 Å². The smallest absolute Gasteiger partial charge is 0.272 e. The maximum absolute atomic E-state index is 11.3. The van der Waals surface area contributed by atoms with Crippen molar-refractivity contribution in [3.63, 3.8) is 0 Å². The van der Waals surface area contributed by atoms with Gasteiger partial charge in [-0.05, 0) is 0 Å². The Morgan fingerprint density at radius 3 is 2.47 bits per heavy atom. The molecule has 0 aliphatic heterocycles. The molecule has 1 aromatic rings. The molecule has 0 bridgehead atoms. The third-order valence-corrected chi connectivity index (χ3v) is 2.81. The molecule has 0 aromatic heterocycles. The number of hydrogen-bond acceptors (Lipinski definition) is 2. The van der Waals surface area contributed by atoms with E-state index in [-0.39, 0.29) is 10.7 Å². The second-order valence-corrected chi connectivity index (χ2v) is 4.38. The molecule has 0 aliphatic carbocycles. The van der Waals surface area contributed by atoms with Crippen LogP contribution in [-0.4, -0.2) is 24.7 Å². The zero-order chi connectivity index (χ0) is 12.9. The SMILES string of the molecule is C=CC(=O)O[N+](C)(C)C(CC)c1ccccc1. The number of nitrogens with zero attached hydrogens (tertiary/aromatic N) is 1. The van der Waals surface area contributed by atoms with Crippen molar-refractivity contribution in [2.75, 3.05) is 14.1 Å². The van der Waals surface area contributed by atoms with Gasteiger partial charge < -0.3 is 0 Å². The molecule has 0 aliphatic rings. The first-order valence-electron chi connectivity index (χ1n) is 5.76. The molecule has 1 aromatic carbocycles. The lowest BCUT2D eigenvalue weighted by Gasteiger charge is -2.33. The Morgan fingerprint density at radius 1 is 1.41 bits per heavy atom. The first-order chi connectivity index (χ1) is 8.01. The predicted octanol–water partition coefficient (Wildman–Crippen LogP) is 2.86. The van der Waals surface area contributed by atoms with Crippen molar-refractivity contribution in [3.8, 4) is 0 Å². The van der Waals surface area contributed by atoms with E-state index in [0.29, 0.717) is 0 Å². The molecule has 3 heteroatoms. The number of carbonyl (C=O) groups excluding carboxylic acids is 1. The van der Waals surface area contributed by atoms with E-state index in [4.69, 9.17) is 4.84 Å². The van der Waals surface area contributed by atoms with Crippen LogP contribution in [0.3, 0.4) is 0 Å². The number of benzene rings is 1. The van der Waals surface area contributed by atoms with Crippen LogP contribution in [0, 0.1) is 0 Å². The summed E-state index contributed by atoms with van der Waals surface area (Å²) in [6, 6.07) is 10.2. The Morgan fingerprint density at radius 2 is 2.00 bits per heavy atom. The van der Waals surface area contributed by atoms with Crippen molar-refractivity contribution in [3.05, 3.63) is 48.6 Å². The van der Waals surface area contributed by atoms with Crippen LogP contribution in [0.5, 0.6) is 0 Å². The number of carbonyl (C=O) groups is 1. The maximum atomic E-state index is 11.3. The van der Waals surface area contributed by atoms with Crippen LogP contribution in [0.15, 0.2) is 43.0 Å². The van der Waals surface area contributed by atoms with Gasteiger partial charge in [-0.25, -0.2) is 4.79 Å². The molecule has 17 heavy (non-hydrogen) atoms. The fraction of sp³-hybridized carbons (Fsp3) is 0.357. The molecule has 0 radical (unpaired) electrons. The van der Waals surface area contributed by atoms with Crippen molar-refractivity contribution in [2.24, 2.45) is 0 Å². The summed E-state index contributed by atoms with van der Waals surface area (Å²) in [5.74, 6) is -0.399. The molecule has 0 spiro atoms. The van der Waals surface area contributed by atoms with Gasteiger partial charge in [-0.3, -0.25) is 4.84 Å². The first kappa shape index (κ1) is 13.5. The highest BCUT2D eigenvalue weighted by atomic mass is 16.7. The molecule has 0 saturated heterocycles. The zero-order valence-corrected chi connectivity index (χ0v) is 10.7. The molecule has 0 N–H and O–H groups in total. The van der Waals surface area contributed by atoms with Crippen molar-refractivity contribution < 1.29 is 14.3 Å². The highest BCUT2D eigenvalue weighted by Crippen LogP contribution is 2.28.